The molecule has 126 valence electrons. The number of hydrogen-bond donors (Lipinski definition) is 0. The topological polar surface area (TPSA) is 43.1 Å². The van der Waals surface area contributed by atoms with E-state index in [1.165, 1.54) is 5.56 Å². The number of halogens is 1. The lowest BCUT2D eigenvalue weighted by atomic mass is 10.2. The van der Waals surface area contributed by atoms with E-state index in [-0.39, 0.29) is 0 Å². The largest absolute Gasteiger partial charge is 0.212 e. The maximum atomic E-state index is 4.46. The zero-order valence-corrected chi connectivity index (χ0v) is 16.1. The highest BCUT2D eigenvalue weighted by Crippen LogP contribution is 2.22. The van der Waals surface area contributed by atoms with Crippen LogP contribution in [0.25, 0.3) is 6.08 Å². The molecule has 0 radical (unpaired) electrons. The van der Waals surface area contributed by atoms with Gasteiger partial charge in [-0.15, -0.1) is 10.2 Å². The Morgan fingerprint density at radius 2 is 1.84 bits per heavy atom. The Balaban J connectivity index is 1.65. The third-order valence-electron chi connectivity index (χ3n) is 3.41. The van der Waals surface area contributed by atoms with E-state index in [0.29, 0.717) is 0 Å². The van der Waals surface area contributed by atoms with Gasteiger partial charge in [-0.1, -0.05) is 76.2 Å². The minimum Gasteiger partial charge on any atom is -0.192 e. The fraction of sp³-hybridized carbons (Fsp3) is 0.105. The number of nitrogens with zero attached hydrogens (tertiary/aromatic N) is 4. The van der Waals surface area contributed by atoms with Gasteiger partial charge in [0.25, 0.3) is 0 Å². The first-order chi connectivity index (χ1) is 12.2. The second-order valence-electron chi connectivity index (χ2n) is 5.29. The lowest BCUT2D eigenvalue weighted by Gasteiger charge is -2.02. The molecule has 1 aromatic heterocycles. The summed E-state index contributed by atoms with van der Waals surface area (Å²) in [5, 5.41) is 13.6. The predicted molar refractivity (Wildman–Crippen MR) is 108 cm³/mol. The number of thioether (sulfide) groups is 1. The fourth-order valence-electron chi connectivity index (χ4n) is 2.11. The normalized spacial score (nSPS) is 11.6. The molecule has 0 aliphatic rings. The summed E-state index contributed by atoms with van der Waals surface area (Å²) in [6, 6.07) is 18.4. The maximum Gasteiger partial charge on any atom is 0.212 e. The van der Waals surface area contributed by atoms with Gasteiger partial charge >= 0.3 is 0 Å². The van der Waals surface area contributed by atoms with E-state index in [2.05, 4.69) is 43.4 Å². The number of benzene rings is 2. The van der Waals surface area contributed by atoms with Crippen LogP contribution in [0.4, 0.5) is 0 Å². The van der Waals surface area contributed by atoms with Gasteiger partial charge in [0.1, 0.15) is 0 Å². The molecule has 3 rings (SSSR count). The summed E-state index contributed by atoms with van der Waals surface area (Å²) in [5.41, 5.74) is 2.37. The Kier molecular flexibility index (Phi) is 6.19. The van der Waals surface area contributed by atoms with Crippen LogP contribution in [0.15, 0.2) is 75.4 Å². The standard InChI is InChI=1S/C19H17BrN4S/c1-15-22-23-19(25-14-17-9-11-18(20)12-10-17)24(15)21-13-5-8-16-6-3-2-4-7-16/h2-13H,14H2,1H3/b8-5+,21-13-. The molecule has 0 atom stereocenters. The molecule has 0 saturated carbocycles. The third-order valence-corrected chi connectivity index (χ3v) is 4.92. The molecule has 2 aromatic carbocycles. The van der Waals surface area contributed by atoms with Gasteiger partial charge in [0.05, 0.1) is 0 Å². The third kappa shape index (κ3) is 5.14. The van der Waals surface area contributed by atoms with Gasteiger partial charge in [0.2, 0.25) is 5.16 Å². The molecule has 3 aromatic rings. The Hall–Kier alpha value is -2.18. The minimum absolute atomic E-state index is 0.766. The van der Waals surface area contributed by atoms with Crippen molar-refractivity contribution in [3.63, 3.8) is 0 Å². The Labute approximate surface area is 159 Å². The molecular formula is C19H17BrN4S. The SMILES string of the molecule is Cc1nnc(SCc2ccc(Br)cc2)n1/N=C\C=C\c1ccccc1. The summed E-state index contributed by atoms with van der Waals surface area (Å²) in [5.74, 6) is 1.59. The zero-order chi connectivity index (χ0) is 17.5. The van der Waals surface area contributed by atoms with Gasteiger partial charge in [-0.05, 0) is 36.3 Å². The van der Waals surface area contributed by atoms with Crippen LogP contribution in [-0.2, 0) is 5.75 Å². The summed E-state index contributed by atoms with van der Waals surface area (Å²) in [6.07, 6.45) is 5.68. The van der Waals surface area contributed by atoms with E-state index in [4.69, 9.17) is 0 Å². The number of hydrogen-bond acceptors (Lipinski definition) is 4. The van der Waals surface area contributed by atoms with Crippen molar-refractivity contribution in [2.45, 2.75) is 17.8 Å². The highest BCUT2D eigenvalue weighted by atomic mass is 79.9. The average molecular weight is 413 g/mol. The second kappa shape index (κ2) is 8.78. The summed E-state index contributed by atoms with van der Waals surface area (Å²) >= 11 is 5.07. The molecule has 0 amide bonds. The van der Waals surface area contributed by atoms with E-state index in [1.54, 1.807) is 22.7 Å². The molecule has 0 bridgehead atoms. The van der Waals surface area contributed by atoms with Crippen LogP contribution in [0.5, 0.6) is 0 Å². The molecule has 0 unspecified atom stereocenters. The van der Waals surface area contributed by atoms with Crippen molar-refractivity contribution < 1.29 is 0 Å². The van der Waals surface area contributed by atoms with E-state index in [1.807, 2.05) is 61.5 Å². The van der Waals surface area contributed by atoms with Gasteiger partial charge in [0, 0.05) is 16.4 Å². The van der Waals surface area contributed by atoms with Crippen molar-refractivity contribution in [2.75, 3.05) is 0 Å². The number of allylic oxidation sites excluding steroid dienone is 1. The Morgan fingerprint density at radius 1 is 1.08 bits per heavy atom. The maximum absolute atomic E-state index is 4.46. The fourth-order valence-corrected chi connectivity index (χ4v) is 3.27. The quantitative estimate of drug-likeness (QED) is 0.413. The Morgan fingerprint density at radius 3 is 2.60 bits per heavy atom. The molecule has 25 heavy (non-hydrogen) atoms. The number of aromatic nitrogens is 3. The minimum atomic E-state index is 0.766. The molecule has 6 heteroatoms. The van der Waals surface area contributed by atoms with Crippen LogP contribution >= 0.6 is 27.7 Å². The summed E-state index contributed by atoms with van der Waals surface area (Å²) in [4.78, 5) is 0. The molecule has 0 aliphatic carbocycles. The van der Waals surface area contributed by atoms with Crippen LogP contribution in [0.3, 0.4) is 0 Å². The second-order valence-corrected chi connectivity index (χ2v) is 7.15. The number of aryl methyl sites for hydroxylation is 1. The van der Waals surface area contributed by atoms with Crippen LogP contribution in [0, 0.1) is 6.92 Å². The van der Waals surface area contributed by atoms with Gasteiger partial charge in [-0.2, -0.15) is 9.78 Å². The van der Waals surface area contributed by atoms with E-state index >= 15 is 0 Å². The lowest BCUT2D eigenvalue weighted by Crippen LogP contribution is -1.95. The first kappa shape index (κ1) is 17.6. The molecule has 0 N–H and O–H groups in total. The van der Waals surface area contributed by atoms with Crippen molar-refractivity contribution in [2.24, 2.45) is 5.10 Å². The molecule has 0 fully saturated rings. The van der Waals surface area contributed by atoms with Crippen molar-refractivity contribution >= 4 is 40.0 Å². The van der Waals surface area contributed by atoms with E-state index in [0.717, 1.165) is 26.8 Å². The first-order valence-electron chi connectivity index (χ1n) is 7.78. The van der Waals surface area contributed by atoms with Gasteiger partial charge < -0.3 is 0 Å². The summed E-state index contributed by atoms with van der Waals surface area (Å²) in [7, 11) is 0. The average Bonchev–Trinajstić information content (AvgIpc) is 2.99. The van der Waals surface area contributed by atoms with Crippen molar-refractivity contribution in [1.29, 1.82) is 0 Å². The molecule has 0 aliphatic heterocycles. The number of rotatable bonds is 6. The zero-order valence-electron chi connectivity index (χ0n) is 13.7. The molecule has 0 saturated heterocycles. The smallest absolute Gasteiger partial charge is 0.192 e. The molecule has 1 heterocycles. The molecule has 0 spiro atoms. The van der Waals surface area contributed by atoms with E-state index in [9.17, 15) is 0 Å². The summed E-state index contributed by atoms with van der Waals surface area (Å²) in [6.45, 7) is 1.90. The first-order valence-corrected chi connectivity index (χ1v) is 9.55. The van der Waals surface area contributed by atoms with Crippen LogP contribution in [-0.4, -0.2) is 21.1 Å². The van der Waals surface area contributed by atoms with Gasteiger partial charge in [0.15, 0.2) is 5.82 Å². The van der Waals surface area contributed by atoms with Crippen LogP contribution in [0.1, 0.15) is 17.0 Å². The van der Waals surface area contributed by atoms with Crippen LogP contribution in [0.2, 0.25) is 0 Å². The highest BCUT2D eigenvalue weighted by molar-refractivity contribution is 9.10. The van der Waals surface area contributed by atoms with E-state index < -0.39 is 0 Å². The predicted octanol–water partition coefficient (Wildman–Crippen LogP) is 5.19. The Bertz CT molecular complexity index is 870. The highest BCUT2D eigenvalue weighted by Gasteiger charge is 2.08. The lowest BCUT2D eigenvalue weighted by molar-refractivity contribution is 0.744. The monoisotopic (exact) mass is 412 g/mol. The van der Waals surface area contributed by atoms with Crippen molar-refractivity contribution in [1.82, 2.24) is 14.9 Å². The van der Waals surface area contributed by atoms with Crippen LogP contribution < -0.4 is 0 Å². The molecule has 4 nitrogen and oxygen atoms in total. The van der Waals surface area contributed by atoms with Crippen molar-refractivity contribution in [3.8, 4) is 0 Å². The molecular weight excluding hydrogens is 396 g/mol. The van der Waals surface area contributed by atoms with Gasteiger partial charge in [-0.25, -0.2) is 0 Å². The van der Waals surface area contributed by atoms with Gasteiger partial charge in [-0.3, -0.25) is 0 Å². The summed E-state index contributed by atoms with van der Waals surface area (Å²) < 4.78 is 2.84. The van der Waals surface area contributed by atoms with Crippen molar-refractivity contribution in [3.05, 3.63) is 82.1 Å².